The Balaban J connectivity index is 2.05. The van der Waals surface area contributed by atoms with Crippen LogP contribution in [0.2, 0.25) is 0 Å². The van der Waals surface area contributed by atoms with Gasteiger partial charge in [0.05, 0.1) is 0 Å². The van der Waals surface area contributed by atoms with Gasteiger partial charge >= 0.3 is 0 Å². The molecule has 0 radical (unpaired) electrons. The standard InChI is InChI=1S/C19H34N2/c1-5-10-17(6-2)21-14-18(16-11-8-7-9-12-16)20-13-19(21)15(3)4/h1,15-20H,6-14H2,2-4H3. The maximum Gasteiger partial charge on any atom is 0.0247 e. The van der Waals surface area contributed by atoms with E-state index >= 15 is 0 Å². The van der Waals surface area contributed by atoms with E-state index in [-0.39, 0.29) is 0 Å². The number of terminal acetylenes is 1. The number of nitrogens with zero attached hydrogens (tertiary/aromatic N) is 1. The van der Waals surface area contributed by atoms with E-state index < -0.39 is 0 Å². The summed E-state index contributed by atoms with van der Waals surface area (Å²) in [6.07, 6.45) is 14.8. The Kier molecular flexibility index (Phi) is 6.58. The van der Waals surface area contributed by atoms with Gasteiger partial charge in [-0.1, -0.05) is 40.0 Å². The monoisotopic (exact) mass is 290 g/mol. The summed E-state index contributed by atoms with van der Waals surface area (Å²) in [6.45, 7) is 9.33. The summed E-state index contributed by atoms with van der Waals surface area (Å²) in [6, 6.07) is 1.89. The van der Waals surface area contributed by atoms with Gasteiger partial charge in [-0.2, -0.15) is 0 Å². The van der Waals surface area contributed by atoms with E-state index in [1.165, 1.54) is 45.1 Å². The van der Waals surface area contributed by atoms with E-state index in [0.29, 0.717) is 24.0 Å². The summed E-state index contributed by atoms with van der Waals surface area (Å²) in [5, 5.41) is 3.88. The molecule has 0 aromatic carbocycles. The van der Waals surface area contributed by atoms with Gasteiger partial charge in [0.2, 0.25) is 0 Å². The first-order valence-corrected chi connectivity index (χ1v) is 9.10. The predicted molar refractivity (Wildman–Crippen MR) is 91.2 cm³/mol. The molecular formula is C19H34N2. The smallest absolute Gasteiger partial charge is 0.0247 e. The third-order valence-electron chi connectivity index (χ3n) is 5.70. The molecule has 0 aromatic heterocycles. The summed E-state index contributed by atoms with van der Waals surface area (Å²) in [7, 11) is 0. The minimum atomic E-state index is 0.565. The first kappa shape index (κ1) is 16.8. The molecule has 3 unspecified atom stereocenters. The molecule has 1 saturated heterocycles. The van der Waals surface area contributed by atoms with Gasteiger partial charge < -0.3 is 5.32 Å². The lowest BCUT2D eigenvalue weighted by atomic mass is 9.81. The molecule has 1 heterocycles. The quantitative estimate of drug-likeness (QED) is 0.777. The number of hydrogen-bond acceptors (Lipinski definition) is 2. The summed E-state index contributed by atoms with van der Waals surface area (Å²) in [5.74, 6) is 4.49. The third-order valence-corrected chi connectivity index (χ3v) is 5.70. The normalized spacial score (nSPS) is 30.2. The van der Waals surface area contributed by atoms with E-state index in [2.05, 4.69) is 36.9 Å². The Morgan fingerprint density at radius 2 is 1.95 bits per heavy atom. The highest BCUT2D eigenvalue weighted by molar-refractivity contribution is 4.98. The molecule has 0 amide bonds. The van der Waals surface area contributed by atoms with Crippen molar-refractivity contribution in [1.82, 2.24) is 10.2 Å². The molecule has 2 heteroatoms. The second kappa shape index (κ2) is 8.20. The van der Waals surface area contributed by atoms with Crippen LogP contribution in [0.5, 0.6) is 0 Å². The minimum Gasteiger partial charge on any atom is -0.311 e. The van der Waals surface area contributed by atoms with Gasteiger partial charge in [-0.15, -0.1) is 12.3 Å². The zero-order chi connectivity index (χ0) is 15.2. The van der Waals surface area contributed by atoms with Crippen molar-refractivity contribution in [2.75, 3.05) is 13.1 Å². The van der Waals surface area contributed by atoms with Crippen molar-refractivity contribution in [2.24, 2.45) is 11.8 Å². The van der Waals surface area contributed by atoms with Crippen LogP contribution >= 0.6 is 0 Å². The number of hydrogen-bond donors (Lipinski definition) is 1. The highest BCUT2D eigenvalue weighted by Crippen LogP contribution is 2.30. The van der Waals surface area contributed by atoms with Gasteiger partial charge in [0, 0.05) is 37.6 Å². The van der Waals surface area contributed by atoms with Crippen molar-refractivity contribution in [1.29, 1.82) is 0 Å². The van der Waals surface area contributed by atoms with Gasteiger partial charge in [-0.25, -0.2) is 0 Å². The average Bonchev–Trinajstić information content (AvgIpc) is 2.52. The largest absolute Gasteiger partial charge is 0.311 e. The van der Waals surface area contributed by atoms with Crippen LogP contribution in [0.4, 0.5) is 0 Å². The van der Waals surface area contributed by atoms with Crippen molar-refractivity contribution in [3.63, 3.8) is 0 Å². The number of nitrogens with one attached hydrogen (secondary N) is 1. The van der Waals surface area contributed by atoms with Crippen LogP contribution in [0.3, 0.4) is 0 Å². The van der Waals surface area contributed by atoms with Crippen LogP contribution in [0.1, 0.15) is 65.7 Å². The molecular weight excluding hydrogens is 256 g/mol. The van der Waals surface area contributed by atoms with Crippen molar-refractivity contribution in [2.45, 2.75) is 83.8 Å². The highest BCUT2D eigenvalue weighted by Gasteiger charge is 2.36. The van der Waals surface area contributed by atoms with E-state index in [1.807, 2.05) is 0 Å². The molecule has 1 aliphatic carbocycles. The van der Waals surface area contributed by atoms with Crippen molar-refractivity contribution in [3.8, 4) is 12.3 Å². The fourth-order valence-electron chi connectivity index (χ4n) is 4.34. The highest BCUT2D eigenvalue weighted by atomic mass is 15.3. The molecule has 2 fully saturated rings. The van der Waals surface area contributed by atoms with Crippen LogP contribution in [-0.2, 0) is 0 Å². The summed E-state index contributed by atoms with van der Waals surface area (Å²) in [5.41, 5.74) is 0. The third kappa shape index (κ3) is 4.24. The van der Waals surface area contributed by atoms with Crippen molar-refractivity contribution < 1.29 is 0 Å². The van der Waals surface area contributed by atoms with Crippen LogP contribution < -0.4 is 5.32 Å². The Morgan fingerprint density at radius 1 is 1.24 bits per heavy atom. The second-order valence-corrected chi connectivity index (χ2v) is 7.39. The maximum atomic E-state index is 5.62. The van der Waals surface area contributed by atoms with Gasteiger partial charge in [0.25, 0.3) is 0 Å². The van der Waals surface area contributed by atoms with Crippen LogP contribution in [0.15, 0.2) is 0 Å². The van der Waals surface area contributed by atoms with Gasteiger partial charge in [-0.3, -0.25) is 4.90 Å². The minimum absolute atomic E-state index is 0.565. The van der Waals surface area contributed by atoms with Crippen molar-refractivity contribution in [3.05, 3.63) is 0 Å². The lowest BCUT2D eigenvalue weighted by Crippen LogP contribution is -2.62. The Labute approximate surface area is 132 Å². The molecule has 1 aliphatic heterocycles. The Hall–Kier alpha value is -0.520. The fraction of sp³-hybridized carbons (Fsp3) is 0.895. The van der Waals surface area contributed by atoms with Crippen LogP contribution in [-0.4, -0.2) is 36.1 Å². The molecule has 0 bridgehead atoms. The fourth-order valence-corrected chi connectivity index (χ4v) is 4.34. The van der Waals surface area contributed by atoms with Gasteiger partial charge in [0.1, 0.15) is 0 Å². The summed E-state index contributed by atoms with van der Waals surface area (Å²) >= 11 is 0. The van der Waals surface area contributed by atoms with E-state index in [1.54, 1.807) is 0 Å². The molecule has 2 aliphatic rings. The topological polar surface area (TPSA) is 15.3 Å². The SMILES string of the molecule is C#CCC(CC)N1CC(C2CCCCC2)NCC1C(C)C. The predicted octanol–water partition coefficient (Wildman–Crippen LogP) is 3.67. The molecule has 1 N–H and O–H groups in total. The maximum absolute atomic E-state index is 5.62. The van der Waals surface area contributed by atoms with E-state index in [4.69, 9.17) is 6.42 Å². The zero-order valence-electron chi connectivity index (χ0n) is 14.3. The molecule has 0 aromatic rings. The lowest BCUT2D eigenvalue weighted by molar-refractivity contribution is 0.0363. The first-order chi connectivity index (χ1) is 10.2. The van der Waals surface area contributed by atoms with E-state index in [9.17, 15) is 0 Å². The molecule has 1 saturated carbocycles. The lowest BCUT2D eigenvalue weighted by Gasteiger charge is -2.48. The summed E-state index contributed by atoms with van der Waals surface area (Å²) in [4.78, 5) is 2.75. The van der Waals surface area contributed by atoms with Gasteiger partial charge in [0.15, 0.2) is 0 Å². The van der Waals surface area contributed by atoms with Crippen LogP contribution in [0, 0.1) is 24.2 Å². The molecule has 21 heavy (non-hydrogen) atoms. The molecule has 3 atom stereocenters. The molecule has 0 spiro atoms. The molecule has 2 nitrogen and oxygen atoms in total. The molecule has 2 rings (SSSR count). The Morgan fingerprint density at radius 3 is 2.52 bits per heavy atom. The number of rotatable bonds is 5. The zero-order valence-corrected chi connectivity index (χ0v) is 14.3. The number of piperazine rings is 1. The average molecular weight is 290 g/mol. The summed E-state index contributed by atoms with van der Waals surface area (Å²) < 4.78 is 0. The first-order valence-electron chi connectivity index (χ1n) is 9.10. The molecule has 120 valence electrons. The Bertz CT molecular complexity index is 338. The van der Waals surface area contributed by atoms with Gasteiger partial charge in [-0.05, 0) is 31.1 Å². The van der Waals surface area contributed by atoms with E-state index in [0.717, 1.165) is 18.9 Å². The van der Waals surface area contributed by atoms with Crippen molar-refractivity contribution >= 4 is 0 Å². The van der Waals surface area contributed by atoms with Crippen LogP contribution in [0.25, 0.3) is 0 Å². The second-order valence-electron chi connectivity index (χ2n) is 7.39.